The molecule has 0 amide bonds. The lowest BCUT2D eigenvalue weighted by molar-refractivity contribution is 0.222. The monoisotopic (exact) mass is 368 g/mol. The summed E-state index contributed by atoms with van der Waals surface area (Å²) >= 11 is 0. The van der Waals surface area contributed by atoms with Crippen molar-refractivity contribution >= 4 is 5.69 Å². The molecule has 3 nitrogen and oxygen atoms in total. The predicted octanol–water partition coefficient (Wildman–Crippen LogP) is 5.09. The molecule has 1 aromatic carbocycles. The Balaban J connectivity index is 2.03. The summed E-state index contributed by atoms with van der Waals surface area (Å²) in [6, 6.07) is 2.66. The first-order chi connectivity index (χ1) is 12.5. The maximum atomic E-state index is 14.7. The molecule has 0 radical (unpaired) electrons. The average Bonchev–Trinajstić information content (AvgIpc) is 2.71. The fourth-order valence-electron chi connectivity index (χ4n) is 3.67. The molecule has 0 bridgehead atoms. The number of likely N-dealkylation sites (N-methyl/N-ethyl adjacent to an activating group) is 1. The van der Waals surface area contributed by atoms with Gasteiger partial charge in [-0.15, -0.1) is 0 Å². The zero-order valence-electron chi connectivity index (χ0n) is 16.6. The first-order valence-electron chi connectivity index (χ1n) is 10.1. The van der Waals surface area contributed by atoms with Gasteiger partial charge in [0.2, 0.25) is 0 Å². The summed E-state index contributed by atoms with van der Waals surface area (Å²) in [5, 5.41) is 0. The highest BCUT2D eigenvalue weighted by atomic mass is 19.1. The molecular weight excluding hydrogens is 334 g/mol. The second kappa shape index (κ2) is 10.7. The zero-order chi connectivity index (χ0) is 18.9. The number of anilines is 1. The van der Waals surface area contributed by atoms with E-state index in [-0.39, 0.29) is 11.4 Å². The fraction of sp³-hybridized carbons (Fsp3) is 0.714. The first-order valence-corrected chi connectivity index (χ1v) is 10.1. The third-order valence-corrected chi connectivity index (χ3v) is 5.38. The van der Waals surface area contributed by atoms with E-state index >= 15 is 0 Å². The van der Waals surface area contributed by atoms with E-state index in [4.69, 9.17) is 4.74 Å². The molecule has 1 saturated heterocycles. The lowest BCUT2D eigenvalue weighted by atomic mass is 10.00. The summed E-state index contributed by atoms with van der Waals surface area (Å²) in [4.78, 5) is 4.09. The van der Waals surface area contributed by atoms with Crippen LogP contribution in [-0.2, 0) is 0 Å². The van der Waals surface area contributed by atoms with E-state index in [0.29, 0.717) is 25.6 Å². The number of benzene rings is 1. The van der Waals surface area contributed by atoms with Crippen molar-refractivity contribution in [2.24, 2.45) is 5.92 Å². The van der Waals surface area contributed by atoms with Gasteiger partial charge < -0.3 is 14.5 Å². The van der Waals surface area contributed by atoms with E-state index in [1.54, 1.807) is 0 Å². The van der Waals surface area contributed by atoms with Crippen LogP contribution >= 0.6 is 0 Å². The third-order valence-electron chi connectivity index (χ3n) is 5.38. The molecule has 1 atom stereocenters. The van der Waals surface area contributed by atoms with Crippen LogP contribution in [0.25, 0.3) is 0 Å². The average molecular weight is 369 g/mol. The quantitative estimate of drug-likeness (QED) is 0.666. The van der Waals surface area contributed by atoms with Crippen LogP contribution in [0.2, 0.25) is 0 Å². The second-order valence-electron chi connectivity index (χ2n) is 7.34. The molecule has 1 fully saturated rings. The van der Waals surface area contributed by atoms with Crippen molar-refractivity contribution in [3.05, 3.63) is 23.8 Å². The van der Waals surface area contributed by atoms with Crippen molar-refractivity contribution in [1.29, 1.82) is 0 Å². The Morgan fingerprint density at radius 2 is 1.65 bits per heavy atom. The smallest absolute Gasteiger partial charge is 0.153 e. The van der Waals surface area contributed by atoms with Gasteiger partial charge in [-0.2, -0.15) is 0 Å². The molecule has 0 saturated carbocycles. The molecule has 2 rings (SSSR count). The van der Waals surface area contributed by atoms with E-state index in [1.807, 2.05) is 4.90 Å². The number of hydrogen-bond acceptors (Lipinski definition) is 3. The summed E-state index contributed by atoms with van der Waals surface area (Å²) in [7, 11) is 0. The van der Waals surface area contributed by atoms with Crippen LogP contribution in [0.4, 0.5) is 14.5 Å². The standard InChI is InChI=1S/C21H34F2N2O/c1-4-24(5-2)13-14-26-18-15-19(22)21(20(23)16-18)25-11-7-6-9-17(3)10-8-12-25/h15-17H,4-14H2,1-3H3. The largest absolute Gasteiger partial charge is 0.492 e. The number of ether oxygens (including phenoxy) is 1. The normalized spacial score (nSPS) is 19.2. The molecule has 1 unspecified atom stereocenters. The first kappa shape index (κ1) is 20.9. The van der Waals surface area contributed by atoms with Crippen molar-refractivity contribution in [2.75, 3.05) is 44.2 Å². The Kier molecular flexibility index (Phi) is 8.63. The van der Waals surface area contributed by atoms with E-state index in [1.165, 1.54) is 18.6 Å². The van der Waals surface area contributed by atoms with Gasteiger partial charge in [0.25, 0.3) is 0 Å². The maximum absolute atomic E-state index is 14.7. The summed E-state index contributed by atoms with van der Waals surface area (Å²) in [5.74, 6) is -0.0645. The topological polar surface area (TPSA) is 15.7 Å². The highest BCUT2D eigenvalue weighted by Gasteiger charge is 2.20. The molecular formula is C21H34F2N2O. The van der Waals surface area contributed by atoms with Gasteiger partial charge in [0.05, 0.1) is 0 Å². The molecule has 0 spiro atoms. The molecule has 0 aromatic heterocycles. The van der Waals surface area contributed by atoms with Gasteiger partial charge in [0, 0.05) is 31.8 Å². The molecule has 0 N–H and O–H groups in total. The van der Waals surface area contributed by atoms with Crippen LogP contribution in [0, 0.1) is 17.6 Å². The Morgan fingerprint density at radius 3 is 2.31 bits per heavy atom. The van der Waals surface area contributed by atoms with Crippen LogP contribution in [0.5, 0.6) is 5.75 Å². The predicted molar refractivity (Wildman–Crippen MR) is 104 cm³/mol. The van der Waals surface area contributed by atoms with Crippen LogP contribution < -0.4 is 9.64 Å². The minimum Gasteiger partial charge on any atom is -0.492 e. The number of halogens is 2. The lowest BCUT2D eigenvalue weighted by Gasteiger charge is -2.25. The molecule has 1 aromatic rings. The van der Waals surface area contributed by atoms with Crippen LogP contribution in [0.3, 0.4) is 0 Å². The van der Waals surface area contributed by atoms with Crippen LogP contribution in [-0.4, -0.2) is 44.2 Å². The van der Waals surface area contributed by atoms with Gasteiger partial charge in [-0.3, -0.25) is 0 Å². The minimum absolute atomic E-state index is 0.107. The Hall–Kier alpha value is -1.36. The van der Waals surface area contributed by atoms with Crippen molar-refractivity contribution in [1.82, 2.24) is 4.90 Å². The Labute approximate surface area is 157 Å². The van der Waals surface area contributed by atoms with Crippen molar-refractivity contribution in [3.8, 4) is 5.75 Å². The van der Waals surface area contributed by atoms with Gasteiger partial charge in [0.1, 0.15) is 18.0 Å². The number of nitrogens with zero attached hydrogens (tertiary/aromatic N) is 2. The third kappa shape index (κ3) is 6.11. The molecule has 5 heteroatoms. The second-order valence-corrected chi connectivity index (χ2v) is 7.34. The zero-order valence-corrected chi connectivity index (χ0v) is 16.6. The van der Waals surface area contributed by atoms with Gasteiger partial charge in [-0.1, -0.05) is 33.6 Å². The molecule has 1 heterocycles. The van der Waals surface area contributed by atoms with Gasteiger partial charge >= 0.3 is 0 Å². The molecule has 1 aliphatic rings. The van der Waals surface area contributed by atoms with Gasteiger partial charge in [0.15, 0.2) is 11.6 Å². The van der Waals surface area contributed by atoms with E-state index in [2.05, 4.69) is 25.7 Å². The minimum atomic E-state index is -0.518. The van der Waals surface area contributed by atoms with Crippen LogP contribution in [0.1, 0.15) is 52.9 Å². The molecule has 1 aliphatic heterocycles. The van der Waals surface area contributed by atoms with Crippen LogP contribution in [0.15, 0.2) is 12.1 Å². The Morgan fingerprint density at radius 1 is 1.04 bits per heavy atom. The fourth-order valence-corrected chi connectivity index (χ4v) is 3.67. The SMILES string of the molecule is CCN(CC)CCOc1cc(F)c(N2CCCCC(C)CCC2)c(F)c1. The number of rotatable bonds is 7. The van der Waals surface area contributed by atoms with Crippen molar-refractivity contribution < 1.29 is 13.5 Å². The van der Waals surface area contributed by atoms with Gasteiger partial charge in [-0.25, -0.2) is 8.78 Å². The van der Waals surface area contributed by atoms with Crippen molar-refractivity contribution in [3.63, 3.8) is 0 Å². The summed E-state index contributed by atoms with van der Waals surface area (Å²) < 4.78 is 34.9. The molecule has 148 valence electrons. The van der Waals surface area contributed by atoms with E-state index < -0.39 is 11.6 Å². The summed E-state index contributed by atoms with van der Waals surface area (Å²) in [6.45, 7) is 10.9. The van der Waals surface area contributed by atoms with E-state index in [0.717, 1.165) is 45.3 Å². The maximum Gasteiger partial charge on any atom is 0.153 e. The lowest BCUT2D eigenvalue weighted by Crippen LogP contribution is -2.28. The van der Waals surface area contributed by atoms with Gasteiger partial charge in [-0.05, 0) is 38.3 Å². The highest BCUT2D eigenvalue weighted by molar-refractivity contribution is 5.52. The summed E-state index contributed by atoms with van der Waals surface area (Å²) in [5.41, 5.74) is 0.107. The van der Waals surface area contributed by atoms with E-state index in [9.17, 15) is 8.78 Å². The summed E-state index contributed by atoms with van der Waals surface area (Å²) in [6.07, 6.45) is 5.39. The van der Waals surface area contributed by atoms with Crippen molar-refractivity contribution in [2.45, 2.75) is 52.9 Å². The number of hydrogen-bond donors (Lipinski definition) is 0. The highest BCUT2D eigenvalue weighted by Crippen LogP contribution is 2.30. The Bertz CT molecular complexity index is 526. The molecule has 0 aliphatic carbocycles. The molecule has 26 heavy (non-hydrogen) atoms.